The Morgan fingerprint density at radius 2 is 1.96 bits per heavy atom. The van der Waals surface area contributed by atoms with E-state index in [4.69, 9.17) is 4.74 Å². The predicted molar refractivity (Wildman–Crippen MR) is 106 cm³/mol. The lowest BCUT2D eigenvalue weighted by Gasteiger charge is -2.19. The minimum Gasteiger partial charge on any atom is -0.465 e. The van der Waals surface area contributed by atoms with E-state index in [1.807, 2.05) is 11.5 Å². The number of rotatable bonds is 7. The molecule has 2 aromatic rings. The van der Waals surface area contributed by atoms with E-state index in [0.29, 0.717) is 18.3 Å². The van der Waals surface area contributed by atoms with Crippen molar-refractivity contribution in [2.45, 2.75) is 57.0 Å². The number of carbonyl (C=O) groups excluding carboxylic acids is 1. The quantitative estimate of drug-likeness (QED) is 0.407. The molecule has 1 aromatic heterocycles. The molecule has 0 bridgehead atoms. The summed E-state index contributed by atoms with van der Waals surface area (Å²) in [4.78, 5) is 11.9. The molecule has 5 nitrogen and oxygen atoms in total. The minimum atomic E-state index is -0.348. The second-order valence-corrected chi connectivity index (χ2v) is 8.35. The molecule has 1 heterocycles. The van der Waals surface area contributed by atoms with Crippen molar-refractivity contribution in [2.24, 2.45) is 0 Å². The molecule has 0 fully saturated rings. The van der Waals surface area contributed by atoms with E-state index in [0.717, 1.165) is 11.4 Å². The van der Waals surface area contributed by atoms with Gasteiger partial charge in [0.15, 0.2) is 11.0 Å². The molecule has 1 unspecified atom stereocenters. The summed E-state index contributed by atoms with van der Waals surface area (Å²) in [5.74, 6) is 0.519. The van der Waals surface area contributed by atoms with Gasteiger partial charge in [-0.2, -0.15) is 0 Å². The van der Waals surface area contributed by atoms with Crippen LogP contribution in [-0.2, 0) is 21.5 Å². The molecule has 0 saturated heterocycles. The van der Waals surface area contributed by atoms with Crippen molar-refractivity contribution in [3.63, 3.8) is 0 Å². The van der Waals surface area contributed by atoms with E-state index in [1.54, 1.807) is 13.0 Å². The maximum Gasteiger partial charge on any atom is 0.319 e. The van der Waals surface area contributed by atoms with Gasteiger partial charge in [-0.1, -0.05) is 62.9 Å². The highest BCUT2D eigenvalue weighted by Gasteiger charge is 2.21. The van der Waals surface area contributed by atoms with Crippen LogP contribution in [0.25, 0.3) is 11.4 Å². The fourth-order valence-electron chi connectivity index (χ4n) is 2.47. The van der Waals surface area contributed by atoms with Crippen molar-refractivity contribution in [1.82, 2.24) is 14.8 Å². The van der Waals surface area contributed by atoms with Crippen LogP contribution in [0.1, 0.15) is 40.2 Å². The van der Waals surface area contributed by atoms with E-state index in [2.05, 4.69) is 61.8 Å². The van der Waals surface area contributed by atoms with Gasteiger partial charge in [-0.15, -0.1) is 16.8 Å². The molecule has 2 rings (SSSR count). The first-order valence-electron chi connectivity index (χ1n) is 8.76. The van der Waals surface area contributed by atoms with Crippen LogP contribution < -0.4 is 0 Å². The average molecular weight is 374 g/mol. The van der Waals surface area contributed by atoms with Crippen LogP contribution in [-0.4, -0.2) is 32.6 Å². The van der Waals surface area contributed by atoms with Gasteiger partial charge in [0.25, 0.3) is 0 Å². The Labute approximate surface area is 159 Å². The number of nitrogens with zero attached hydrogens (tertiary/aromatic N) is 3. The predicted octanol–water partition coefficient (Wildman–Crippen LogP) is 4.47. The first-order chi connectivity index (χ1) is 12.3. The van der Waals surface area contributed by atoms with Gasteiger partial charge in [-0.05, 0) is 24.8 Å². The molecule has 0 spiro atoms. The summed E-state index contributed by atoms with van der Waals surface area (Å²) in [6.07, 6.45) is 1.80. The lowest BCUT2D eigenvalue weighted by atomic mass is 9.87. The molecule has 0 N–H and O–H groups in total. The smallest absolute Gasteiger partial charge is 0.319 e. The Kier molecular flexibility index (Phi) is 6.64. The molecule has 26 heavy (non-hydrogen) atoms. The molecule has 140 valence electrons. The van der Waals surface area contributed by atoms with Crippen LogP contribution in [0.2, 0.25) is 0 Å². The molecule has 6 heteroatoms. The van der Waals surface area contributed by atoms with Gasteiger partial charge < -0.3 is 4.74 Å². The Morgan fingerprint density at radius 1 is 1.31 bits per heavy atom. The SMILES string of the molecule is C=CCn1c(SC(C)C(=O)OCC)nnc1-c1ccc(C(C)(C)C)cc1. The first kappa shape index (κ1) is 20.2. The summed E-state index contributed by atoms with van der Waals surface area (Å²) >= 11 is 1.35. The number of hydrogen-bond donors (Lipinski definition) is 0. The molecule has 1 atom stereocenters. The van der Waals surface area contributed by atoms with E-state index in [9.17, 15) is 4.79 Å². The number of aromatic nitrogens is 3. The third kappa shape index (κ3) is 4.75. The van der Waals surface area contributed by atoms with Gasteiger partial charge >= 0.3 is 5.97 Å². The largest absolute Gasteiger partial charge is 0.465 e. The molecule has 0 aliphatic carbocycles. The summed E-state index contributed by atoms with van der Waals surface area (Å²) in [6.45, 7) is 14.9. The number of esters is 1. The fraction of sp³-hybridized carbons (Fsp3) is 0.450. The molecular weight excluding hydrogens is 346 g/mol. The van der Waals surface area contributed by atoms with E-state index >= 15 is 0 Å². The lowest BCUT2D eigenvalue weighted by molar-refractivity contribution is -0.142. The normalized spacial score (nSPS) is 12.7. The van der Waals surface area contributed by atoms with Crippen LogP contribution in [0, 0.1) is 0 Å². The molecule has 1 aromatic carbocycles. The van der Waals surface area contributed by atoms with Crippen molar-refractivity contribution in [3.05, 3.63) is 42.5 Å². The second-order valence-electron chi connectivity index (χ2n) is 7.04. The van der Waals surface area contributed by atoms with Gasteiger partial charge in [0, 0.05) is 12.1 Å². The molecule has 0 saturated carbocycles. The summed E-state index contributed by atoms with van der Waals surface area (Å²) in [5.41, 5.74) is 2.35. The van der Waals surface area contributed by atoms with Crippen molar-refractivity contribution >= 4 is 17.7 Å². The Hall–Kier alpha value is -2.08. The van der Waals surface area contributed by atoms with Crippen molar-refractivity contribution < 1.29 is 9.53 Å². The first-order valence-corrected chi connectivity index (χ1v) is 9.64. The maximum absolute atomic E-state index is 11.9. The number of thioether (sulfide) groups is 1. The van der Waals surface area contributed by atoms with E-state index in [1.165, 1.54) is 17.3 Å². The second kappa shape index (κ2) is 8.54. The molecule has 0 amide bonds. The van der Waals surface area contributed by atoms with Crippen LogP contribution in [0.15, 0.2) is 42.1 Å². The fourth-order valence-corrected chi connectivity index (χ4v) is 3.32. The third-order valence-corrected chi connectivity index (χ3v) is 5.00. The number of benzene rings is 1. The Bertz CT molecular complexity index is 760. The van der Waals surface area contributed by atoms with E-state index < -0.39 is 0 Å². The lowest BCUT2D eigenvalue weighted by Crippen LogP contribution is -2.17. The number of ether oxygens (including phenoxy) is 1. The number of carbonyl (C=O) groups is 1. The van der Waals surface area contributed by atoms with Crippen molar-refractivity contribution in [1.29, 1.82) is 0 Å². The molecule has 0 aliphatic rings. The van der Waals surface area contributed by atoms with Crippen LogP contribution in [0.5, 0.6) is 0 Å². The zero-order valence-electron chi connectivity index (χ0n) is 16.2. The van der Waals surface area contributed by atoms with Gasteiger partial charge in [0.05, 0.1) is 6.61 Å². The monoisotopic (exact) mass is 373 g/mol. The molecule has 0 aliphatic heterocycles. The van der Waals surface area contributed by atoms with Crippen LogP contribution in [0.3, 0.4) is 0 Å². The average Bonchev–Trinajstić information content (AvgIpc) is 2.97. The summed E-state index contributed by atoms with van der Waals surface area (Å²) in [7, 11) is 0. The highest BCUT2D eigenvalue weighted by molar-refractivity contribution is 8.00. The molecule has 0 radical (unpaired) electrons. The topological polar surface area (TPSA) is 57.0 Å². The third-order valence-electron chi connectivity index (χ3n) is 3.94. The summed E-state index contributed by atoms with van der Waals surface area (Å²) in [5, 5.41) is 8.97. The summed E-state index contributed by atoms with van der Waals surface area (Å²) in [6, 6.07) is 8.37. The van der Waals surface area contributed by atoms with Crippen molar-refractivity contribution in [2.75, 3.05) is 6.61 Å². The summed E-state index contributed by atoms with van der Waals surface area (Å²) < 4.78 is 7.05. The number of hydrogen-bond acceptors (Lipinski definition) is 5. The zero-order valence-corrected chi connectivity index (χ0v) is 17.0. The minimum absolute atomic E-state index is 0.101. The highest BCUT2D eigenvalue weighted by Crippen LogP contribution is 2.29. The van der Waals surface area contributed by atoms with Gasteiger partial charge in [0.2, 0.25) is 0 Å². The Morgan fingerprint density at radius 3 is 2.50 bits per heavy atom. The zero-order chi connectivity index (χ0) is 19.3. The Balaban J connectivity index is 2.31. The van der Waals surface area contributed by atoms with Crippen molar-refractivity contribution in [3.8, 4) is 11.4 Å². The van der Waals surface area contributed by atoms with E-state index in [-0.39, 0.29) is 16.6 Å². The molecular formula is C20H27N3O2S. The van der Waals surface area contributed by atoms with Gasteiger partial charge in [-0.3, -0.25) is 9.36 Å². The van der Waals surface area contributed by atoms with Gasteiger partial charge in [-0.25, -0.2) is 0 Å². The standard InChI is InChI=1S/C20H27N3O2S/c1-7-13-23-17(15-9-11-16(12-10-15)20(4,5)6)21-22-19(23)26-14(3)18(24)25-8-2/h7,9-12,14H,1,8,13H2,2-6H3. The maximum atomic E-state index is 11.9. The highest BCUT2D eigenvalue weighted by atomic mass is 32.2. The number of allylic oxidation sites excluding steroid dienone is 1. The van der Waals surface area contributed by atoms with Gasteiger partial charge in [0.1, 0.15) is 5.25 Å². The van der Waals surface area contributed by atoms with Crippen LogP contribution in [0.4, 0.5) is 0 Å². The van der Waals surface area contributed by atoms with Crippen LogP contribution >= 0.6 is 11.8 Å².